The average Bonchev–Trinajstić information content (AvgIpc) is 3.13. The minimum absolute atomic E-state index is 0.0544. The van der Waals surface area contributed by atoms with E-state index in [1.807, 2.05) is 39.8 Å². The lowest BCUT2D eigenvalue weighted by Gasteiger charge is -2.45. The van der Waals surface area contributed by atoms with Crippen molar-refractivity contribution in [1.82, 2.24) is 4.22 Å². The summed E-state index contributed by atoms with van der Waals surface area (Å²) in [5.41, 5.74) is 0.145. The molecule has 214 valence electrons. The fourth-order valence-corrected chi connectivity index (χ4v) is 7.02. The Labute approximate surface area is 231 Å². The predicted octanol–water partition coefficient (Wildman–Crippen LogP) is 5.53. The second kappa shape index (κ2) is 11.9. The van der Waals surface area contributed by atoms with Crippen LogP contribution in [0, 0.1) is 18.3 Å². The summed E-state index contributed by atoms with van der Waals surface area (Å²) in [5, 5.41) is -0.0544. The van der Waals surface area contributed by atoms with Crippen molar-refractivity contribution in [2.45, 2.75) is 104 Å². The van der Waals surface area contributed by atoms with E-state index in [2.05, 4.69) is 33.9 Å². The van der Waals surface area contributed by atoms with Crippen molar-refractivity contribution in [3.63, 3.8) is 0 Å². The number of rotatable bonds is 11. The molecule has 11 heteroatoms. The van der Waals surface area contributed by atoms with E-state index in [0.29, 0.717) is 0 Å². The molecular formula is C27H46BNO7SSi. The number of benzene rings is 1. The number of allylic oxidation sites excluding steroid dienone is 1. The molecule has 0 aromatic heterocycles. The van der Waals surface area contributed by atoms with Crippen LogP contribution in [0.25, 0.3) is 0 Å². The second-order valence-electron chi connectivity index (χ2n) is 12.4. The van der Waals surface area contributed by atoms with Crippen molar-refractivity contribution in [3.05, 3.63) is 42.0 Å². The number of carbonyl (C=O) groups is 1. The molecule has 0 spiro atoms. The van der Waals surface area contributed by atoms with Gasteiger partial charge in [-0.05, 0) is 50.0 Å². The summed E-state index contributed by atoms with van der Waals surface area (Å²) in [6.45, 7) is 21.9. The number of nitrogens with zero attached hydrogens (tertiary/aromatic N) is 1. The average molecular weight is 568 g/mol. The van der Waals surface area contributed by atoms with Gasteiger partial charge in [-0.25, -0.2) is 8.42 Å². The van der Waals surface area contributed by atoms with Crippen LogP contribution in [-0.2, 0) is 33.3 Å². The Morgan fingerprint density at radius 2 is 1.66 bits per heavy atom. The van der Waals surface area contributed by atoms with Gasteiger partial charge in [0.1, 0.15) is 6.04 Å². The summed E-state index contributed by atoms with van der Waals surface area (Å²) in [6.07, 6.45) is 2.27. The van der Waals surface area contributed by atoms with Crippen molar-refractivity contribution in [2.24, 2.45) is 11.3 Å². The molecule has 0 N–H and O–H groups in total. The highest BCUT2D eigenvalue weighted by molar-refractivity contribution is 7.90. The molecule has 1 aromatic rings. The van der Waals surface area contributed by atoms with Crippen molar-refractivity contribution >= 4 is 31.6 Å². The van der Waals surface area contributed by atoms with Crippen LogP contribution < -0.4 is 0 Å². The molecule has 0 saturated carbocycles. The van der Waals surface area contributed by atoms with Crippen LogP contribution in [0.4, 0.5) is 0 Å². The van der Waals surface area contributed by atoms with Gasteiger partial charge in [-0.15, -0.1) is 0 Å². The summed E-state index contributed by atoms with van der Waals surface area (Å²) >= 11 is 0. The molecule has 0 amide bonds. The van der Waals surface area contributed by atoms with Crippen LogP contribution in [0.1, 0.15) is 61.0 Å². The molecule has 1 heterocycles. The third-order valence-corrected chi connectivity index (χ3v) is 13.8. The third kappa shape index (κ3) is 6.79. The first-order chi connectivity index (χ1) is 17.3. The standard InChI is InChI=1S/C27H46BNO7SSi/c1-13-14-22(27(8,9)25(33-10)36-38(11,12)26(5,6)7)34-28-29(23(19(2)3)24(30)35-28)37(31,32)21-17-15-20(4)16-18-21/h13-19,22-23,25H,1-12H3/b14-13+/t22-,23-,25?/m0/s1. The van der Waals surface area contributed by atoms with Crippen LogP contribution in [0.2, 0.25) is 18.1 Å². The summed E-state index contributed by atoms with van der Waals surface area (Å²) in [6, 6.07) is 5.48. The first-order valence-corrected chi connectivity index (χ1v) is 17.5. The first-order valence-electron chi connectivity index (χ1n) is 13.1. The predicted molar refractivity (Wildman–Crippen MR) is 153 cm³/mol. The van der Waals surface area contributed by atoms with E-state index < -0.39 is 55.4 Å². The van der Waals surface area contributed by atoms with Crippen molar-refractivity contribution < 1.29 is 31.7 Å². The minimum atomic E-state index is -4.13. The maximum Gasteiger partial charge on any atom is 0.646 e. The Bertz CT molecular complexity index is 1100. The zero-order chi connectivity index (χ0) is 29.3. The largest absolute Gasteiger partial charge is 0.646 e. The Morgan fingerprint density at radius 3 is 2.11 bits per heavy atom. The highest BCUT2D eigenvalue weighted by Crippen LogP contribution is 2.42. The van der Waals surface area contributed by atoms with Crippen molar-refractivity contribution in [1.29, 1.82) is 0 Å². The number of aryl methyl sites for hydroxylation is 1. The van der Waals surface area contributed by atoms with Crippen molar-refractivity contribution in [3.8, 4) is 0 Å². The van der Waals surface area contributed by atoms with E-state index in [9.17, 15) is 13.2 Å². The normalized spacial score (nSPS) is 19.9. The molecule has 1 aromatic carbocycles. The van der Waals surface area contributed by atoms with Crippen molar-refractivity contribution in [2.75, 3.05) is 7.11 Å². The van der Waals surface area contributed by atoms with Gasteiger partial charge in [0.15, 0.2) is 14.6 Å². The fraction of sp³-hybridized carbons (Fsp3) is 0.667. The lowest BCUT2D eigenvalue weighted by Crippen LogP contribution is -2.55. The Morgan fingerprint density at radius 1 is 1.11 bits per heavy atom. The summed E-state index contributed by atoms with van der Waals surface area (Å²) in [7, 11) is -6.23. The summed E-state index contributed by atoms with van der Waals surface area (Å²) < 4.78 is 53.2. The molecule has 38 heavy (non-hydrogen) atoms. The maximum atomic E-state index is 13.8. The van der Waals surface area contributed by atoms with E-state index in [4.69, 9.17) is 18.5 Å². The molecule has 1 saturated heterocycles. The number of ether oxygens (including phenoxy) is 1. The van der Waals surface area contributed by atoms with Gasteiger partial charge in [0, 0.05) is 12.5 Å². The topological polar surface area (TPSA) is 91.4 Å². The SMILES string of the molecule is C/C=C/[C@H](OB1OC(=O)[C@H](C(C)C)N1S(=O)(=O)c1ccc(C)cc1)C(C)(C)C(OC)O[Si](C)(C)C(C)(C)C. The Balaban J connectivity index is 2.52. The molecule has 1 aliphatic rings. The number of carbonyl (C=O) groups excluding carboxylic acids is 1. The van der Waals surface area contributed by atoms with Gasteiger partial charge in [0.25, 0.3) is 0 Å². The molecule has 0 bridgehead atoms. The highest BCUT2D eigenvalue weighted by atomic mass is 32.2. The number of methoxy groups -OCH3 is 1. The monoisotopic (exact) mass is 567 g/mol. The van der Waals surface area contributed by atoms with Gasteiger partial charge >= 0.3 is 13.2 Å². The maximum absolute atomic E-state index is 13.8. The summed E-state index contributed by atoms with van der Waals surface area (Å²) in [5.74, 6) is -0.975. The fourth-order valence-electron chi connectivity index (χ4n) is 4.06. The number of hydrogen-bond donors (Lipinski definition) is 0. The lowest BCUT2D eigenvalue weighted by molar-refractivity contribution is -0.161. The zero-order valence-electron chi connectivity index (χ0n) is 25.1. The third-order valence-electron chi connectivity index (χ3n) is 7.56. The highest BCUT2D eigenvalue weighted by Gasteiger charge is 2.58. The second-order valence-corrected chi connectivity index (χ2v) is 19.0. The number of sulfonamides is 1. The van der Waals surface area contributed by atoms with Crippen LogP contribution in [-0.4, -0.2) is 59.7 Å². The van der Waals surface area contributed by atoms with Crippen LogP contribution >= 0.6 is 0 Å². The lowest BCUT2D eigenvalue weighted by atomic mass is 9.84. The minimum Gasteiger partial charge on any atom is -0.494 e. The molecule has 0 radical (unpaired) electrons. The van der Waals surface area contributed by atoms with Gasteiger partial charge in [-0.3, -0.25) is 4.79 Å². The van der Waals surface area contributed by atoms with E-state index >= 15 is 0 Å². The molecule has 0 aliphatic carbocycles. The van der Waals surface area contributed by atoms with Gasteiger partial charge in [-0.2, -0.15) is 4.22 Å². The van der Waals surface area contributed by atoms with Gasteiger partial charge < -0.3 is 18.5 Å². The molecule has 3 atom stereocenters. The summed E-state index contributed by atoms with van der Waals surface area (Å²) in [4.78, 5) is 13.0. The van der Waals surface area contributed by atoms with E-state index in [-0.39, 0.29) is 15.9 Å². The molecular weight excluding hydrogens is 521 g/mol. The van der Waals surface area contributed by atoms with Gasteiger partial charge in [-0.1, -0.05) is 78.3 Å². The van der Waals surface area contributed by atoms with E-state index in [0.717, 1.165) is 9.78 Å². The molecule has 1 fully saturated rings. The van der Waals surface area contributed by atoms with E-state index in [1.165, 1.54) is 12.1 Å². The molecule has 2 rings (SSSR count). The quantitative estimate of drug-likeness (QED) is 0.197. The van der Waals surface area contributed by atoms with Gasteiger partial charge in [0.05, 0.1) is 11.0 Å². The zero-order valence-corrected chi connectivity index (χ0v) is 26.9. The first kappa shape index (κ1) is 32.7. The number of hydrogen-bond acceptors (Lipinski definition) is 7. The molecule has 1 aliphatic heterocycles. The molecule has 8 nitrogen and oxygen atoms in total. The molecule has 1 unspecified atom stereocenters. The van der Waals surface area contributed by atoms with Crippen LogP contribution in [0.5, 0.6) is 0 Å². The van der Waals surface area contributed by atoms with Crippen LogP contribution in [0.3, 0.4) is 0 Å². The van der Waals surface area contributed by atoms with Gasteiger partial charge in [0.2, 0.25) is 10.0 Å². The van der Waals surface area contributed by atoms with Crippen LogP contribution in [0.15, 0.2) is 41.3 Å². The van der Waals surface area contributed by atoms with E-state index in [1.54, 1.807) is 33.1 Å². The Hall–Kier alpha value is -1.50. The smallest absolute Gasteiger partial charge is 0.494 e. The Kier molecular flexibility index (Phi) is 10.3.